The van der Waals surface area contributed by atoms with Gasteiger partial charge in [0.2, 0.25) is 10.1 Å². The minimum atomic E-state index is -0.532. The van der Waals surface area contributed by atoms with E-state index >= 15 is 0 Å². The Kier molecular flexibility index (Phi) is 7.42. The molecule has 0 radical (unpaired) electrons. The Morgan fingerprint density at radius 1 is 1.15 bits per heavy atom. The molecule has 10 nitrogen and oxygen atoms in total. The first-order chi connectivity index (χ1) is 18.6. The summed E-state index contributed by atoms with van der Waals surface area (Å²) in [5.74, 6) is 0.352. The Hall–Kier alpha value is -3.76. The van der Waals surface area contributed by atoms with Gasteiger partial charge in [-0.2, -0.15) is 9.78 Å². The minimum absolute atomic E-state index is 0.294. The molecule has 0 atom stereocenters. The second kappa shape index (κ2) is 10.8. The number of benzene rings is 1. The number of ether oxygens (including phenoxy) is 1. The Balaban J connectivity index is 1.38. The summed E-state index contributed by atoms with van der Waals surface area (Å²) in [6.07, 6.45) is 1.19. The maximum Gasteiger partial charge on any atom is 0.410 e. The highest BCUT2D eigenvalue weighted by atomic mass is 32.1. The van der Waals surface area contributed by atoms with Crippen molar-refractivity contribution in [2.24, 2.45) is 0 Å². The van der Waals surface area contributed by atoms with Gasteiger partial charge in [-0.15, -0.1) is 5.10 Å². The van der Waals surface area contributed by atoms with Crippen molar-refractivity contribution < 1.29 is 13.9 Å². The van der Waals surface area contributed by atoms with E-state index in [9.17, 15) is 14.4 Å². The van der Waals surface area contributed by atoms with Crippen LogP contribution in [0.5, 0.6) is 0 Å². The van der Waals surface area contributed by atoms with Crippen LogP contribution in [0.15, 0.2) is 24.3 Å². The number of rotatable bonds is 5. The Morgan fingerprint density at radius 2 is 1.92 bits per heavy atom. The minimum Gasteiger partial charge on any atom is -0.444 e. The van der Waals surface area contributed by atoms with E-state index in [0.717, 1.165) is 28.8 Å². The standard InChI is InChI=1S/C26H29FN8O2S2/c1-5-18-21(31-22-30-20(19(15-28)38-22)16-7-9-17(27)10-8-16)35-23(29-18)39-24(32-35)33-11-6-12-34(14-13-33)25(36)37-26(2,3)4/h7-10H,5-6,11-14H2,1-4H3,(H,30,31). The molecule has 13 heteroatoms. The number of anilines is 3. The normalized spacial score (nSPS) is 14.4. The quantitative estimate of drug-likeness (QED) is 0.327. The molecule has 5 rings (SSSR count). The summed E-state index contributed by atoms with van der Waals surface area (Å²) in [6.45, 7) is 10.2. The van der Waals surface area contributed by atoms with E-state index in [1.807, 2.05) is 27.7 Å². The highest BCUT2D eigenvalue weighted by Crippen LogP contribution is 2.35. The van der Waals surface area contributed by atoms with Gasteiger partial charge in [0.05, 0.1) is 5.69 Å². The third kappa shape index (κ3) is 5.81. The molecule has 0 aliphatic carbocycles. The second-order valence-electron chi connectivity index (χ2n) is 10.1. The number of nitrogens with zero attached hydrogens (tertiary/aromatic N) is 7. The lowest BCUT2D eigenvalue weighted by Gasteiger charge is -2.26. The molecule has 1 aliphatic rings. The van der Waals surface area contributed by atoms with Gasteiger partial charge < -0.3 is 19.9 Å². The average Bonchev–Trinajstić information content (AvgIpc) is 3.51. The smallest absolute Gasteiger partial charge is 0.410 e. The molecule has 4 aromatic rings. The zero-order chi connectivity index (χ0) is 27.7. The topological polar surface area (TPSA) is 112 Å². The predicted octanol–water partition coefficient (Wildman–Crippen LogP) is 5.68. The van der Waals surface area contributed by atoms with Crippen molar-refractivity contribution in [3.63, 3.8) is 0 Å². The molecule has 1 aromatic carbocycles. The fraction of sp³-hybridized carbons (Fsp3) is 0.423. The van der Waals surface area contributed by atoms with Crippen LogP contribution in [0.3, 0.4) is 0 Å². The van der Waals surface area contributed by atoms with Crippen LogP contribution in [0.25, 0.3) is 16.2 Å². The summed E-state index contributed by atoms with van der Waals surface area (Å²) < 4.78 is 20.7. The van der Waals surface area contributed by atoms with Gasteiger partial charge >= 0.3 is 6.09 Å². The molecule has 0 bridgehead atoms. The molecule has 1 aliphatic heterocycles. The summed E-state index contributed by atoms with van der Waals surface area (Å²) in [5.41, 5.74) is 1.48. The van der Waals surface area contributed by atoms with Crippen molar-refractivity contribution in [3.8, 4) is 17.3 Å². The highest BCUT2D eigenvalue weighted by molar-refractivity contribution is 7.20. The first kappa shape index (κ1) is 26.8. The number of aryl methyl sites for hydroxylation is 1. The third-order valence-electron chi connectivity index (χ3n) is 6.09. The third-order valence-corrected chi connectivity index (χ3v) is 7.93. The number of carbonyl (C=O) groups excluding carboxylic acids is 1. The lowest BCUT2D eigenvalue weighted by atomic mass is 10.1. The zero-order valence-corrected chi connectivity index (χ0v) is 23.8. The highest BCUT2D eigenvalue weighted by Gasteiger charge is 2.26. The van der Waals surface area contributed by atoms with Crippen LogP contribution < -0.4 is 10.2 Å². The summed E-state index contributed by atoms with van der Waals surface area (Å²) in [4.78, 5) is 27.1. The van der Waals surface area contributed by atoms with Crippen molar-refractivity contribution in [1.29, 1.82) is 5.26 Å². The summed E-state index contributed by atoms with van der Waals surface area (Å²) in [5, 5.41) is 19.2. The largest absolute Gasteiger partial charge is 0.444 e. The molecule has 0 spiro atoms. The Bertz CT molecular complexity index is 1530. The molecular weight excluding hydrogens is 539 g/mol. The number of amides is 1. The van der Waals surface area contributed by atoms with Crippen LogP contribution >= 0.6 is 22.7 Å². The Labute approximate surface area is 233 Å². The lowest BCUT2D eigenvalue weighted by molar-refractivity contribution is 0.0263. The lowest BCUT2D eigenvalue weighted by Crippen LogP contribution is -2.39. The fourth-order valence-electron chi connectivity index (χ4n) is 4.25. The molecule has 204 valence electrons. The molecular formula is C26H29FN8O2S2. The van der Waals surface area contributed by atoms with Crippen molar-refractivity contribution in [2.75, 3.05) is 36.4 Å². The predicted molar refractivity (Wildman–Crippen MR) is 150 cm³/mol. The monoisotopic (exact) mass is 568 g/mol. The van der Waals surface area contributed by atoms with Crippen LogP contribution in [-0.4, -0.2) is 62.4 Å². The van der Waals surface area contributed by atoms with Crippen LogP contribution in [-0.2, 0) is 11.2 Å². The van der Waals surface area contributed by atoms with Crippen molar-refractivity contribution in [3.05, 3.63) is 40.7 Å². The van der Waals surface area contributed by atoms with Gasteiger partial charge in [0.15, 0.2) is 10.9 Å². The van der Waals surface area contributed by atoms with Crippen molar-refractivity contribution >= 4 is 49.8 Å². The molecule has 1 fully saturated rings. The van der Waals surface area contributed by atoms with E-state index in [4.69, 9.17) is 14.8 Å². The van der Waals surface area contributed by atoms with E-state index in [0.29, 0.717) is 53.1 Å². The summed E-state index contributed by atoms with van der Waals surface area (Å²) in [6, 6.07) is 8.12. The fourth-order valence-corrected chi connectivity index (χ4v) is 6.01. The molecule has 4 heterocycles. The number of aromatic nitrogens is 4. The molecule has 1 N–H and O–H groups in total. The van der Waals surface area contributed by atoms with E-state index < -0.39 is 5.60 Å². The zero-order valence-electron chi connectivity index (χ0n) is 22.2. The summed E-state index contributed by atoms with van der Waals surface area (Å²) >= 11 is 2.72. The van der Waals surface area contributed by atoms with E-state index in [-0.39, 0.29) is 11.9 Å². The second-order valence-corrected chi connectivity index (χ2v) is 12.0. The van der Waals surface area contributed by atoms with Gasteiger partial charge in [0, 0.05) is 31.7 Å². The van der Waals surface area contributed by atoms with Crippen LogP contribution in [0.2, 0.25) is 0 Å². The molecule has 0 saturated carbocycles. The molecule has 3 aromatic heterocycles. The SMILES string of the molecule is CCc1nc2sc(N3CCCN(C(=O)OC(C)(C)C)CC3)nn2c1Nc1nc(-c2ccc(F)cc2)c(C#N)s1. The van der Waals surface area contributed by atoms with Gasteiger partial charge in [-0.1, -0.05) is 29.6 Å². The van der Waals surface area contributed by atoms with Crippen LogP contribution in [0.1, 0.15) is 44.7 Å². The first-order valence-corrected chi connectivity index (χ1v) is 14.3. The number of imidazole rings is 1. The van der Waals surface area contributed by atoms with Gasteiger partial charge in [-0.3, -0.25) is 0 Å². The van der Waals surface area contributed by atoms with E-state index in [2.05, 4.69) is 21.3 Å². The number of carbonyl (C=O) groups is 1. The number of fused-ring (bicyclic) bond motifs is 1. The van der Waals surface area contributed by atoms with Crippen LogP contribution in [0.4, 0.5) is 25.3 Å². The maximum atomic E-state index is 13.4. The van der Waals surface area contributed by atoms with Gasteiger partial charge in [-0.05, 0) is 57.9 Å². The van der Waals surface area contributed by atoms with Gasteiger partial charge in [-0.25, -0.2) is 19.2 Å². The van der Waals surface area contributed by atoms with Gasteiger partial charge in [0.25, 0.3) is 0 Å². The summed E-state index contributed by atoms with van der Waals surface area (Å²) in [7, 11) is 0. The average molecular weight is 569 g/mol. The number of nitriles is 1. The molecule has 39 heavy (non-hydrogen) atoms. The number of hydrogen-bond acceptors (Lipinski definition) is 10. The van der Waals surface area contributed by atoms with Gasteiger partial charge in [0.1, 0.15) is 28.1 Å². The van der Waals surface area contributed by atoms with E-state index in [1.165, 1.54) is 34.8 Å². The number of thiazole rings is 1. The Morgan fingerprint density at radius 3 is 2.62 bits per heavy atom. The van der Waals surface area contributed by atoms with Crippen molar-refractivity contribution in [1.82, 2.24) is 24.5 Å². The molecule has 0 unspecified atom stereocenters. The van der Waals surface area contributed by atoms with E-state index in [1.54, 1.807) is 21.5 Å². The number of hydrogen-bond donors (Lipinski definition) is 1. The number of nitrogens with one attached hydrogen (secondary N) is 1. The first-order valence-electron chi connectivity index (χ1n) is 12.7. The maximum absolute atomic E-state index is 13.4. The molecule has 1 saturated heterocycles. The number of halogens is 1. The van der Waals surface area contributed by atoms with Crippen molar-refractivity contribution in [2.45, 2.75) is 46.1 Å². The molecule has 1 amide bonds. The van der Waals surface area contributed by atoms with Crippen LogP contribution in [0, 0.1) is 17.1 Å².